The summed E-state index contributed by atoms with van der Waals surface area (Å²) in [4.78, 5) is 23.9. The van der Waals surface area contributed by atoms with Crippen LogP contribution < -0.4 is 0 Å². The molecular formula is C20H17ClN4O. The van der Waals surface area contributed by atoms with Gasteiger partial charge in [-0.3, -0.25) is 14.8 Å². The predicted molar refractivity (Wildman–Crippen MR) is 99.5 cm³/mol. The lowest BCUT2D eigenvalue weighted by Crippen LogP contribution is -2.36. The molecule has 3 aromatic rings. The zero-order chi connectivity index (χ0) is 18.1. The Morgan fingerprint density at radius 3 is 2.77 bits per heavy atom. The molecule has 0 radical (unpaired) electrons. The van der Waals surface area contributed by atoms with Crippen LogP contribution in [0.15, 0.2) is 42.9 Å². The molecule has 0 unspecified atom stereocenters. The number of aromatic nitrogens is 3. The highest BCUT2D eigenvalue weighted by Crippen LogP contribution is 2.54. The van der Waals surface area contributed by atoms with E-state index < -0.39 is 0 Å². The molecule has 4 heterocycles. The first-order chi connectivity index (χ1) is 12.5. The number of pyridine rings is 2. The summed E-state index contributed by atoms with van der Waals surface area (Å²) in [7, 11) is 1.87. The van der Waals surface area contributed by atoms with Gasteiger partial charge in [-0.25, -0.2) is 0 Å². The van der Waals surface area contributed by atoms with Crippen molar-refractivity contribution >= 4 is 17.5 Å². The third kappa shape index (κ3) is 2.01. The molecule has 1 aliphatic heterocycles. The van der Waals surface area contributed by atoms with E-state index in [9.17, 15) is 4.79 Å². The van der Waals surface area contributed by atoms with Crippen LogP contribution in [0.1, 0.15) is 34.6 Å². The van der Waals surface area contributed by atoms with Crippen LogP contribution in [0.5, 0.6) is 0 Å². The molecule has 6 heteroatoms. The van der Waals surface area contributed by atoms with Gasteiger partial charge < -0.3 is 9.47 Å². The van der Waals surface area contributed by atoms with Crippen molar-refractivity contribution in [2.45, 2.75) is 25.3 Å². The van der Waals surface area contributed by atoms with Gasteiger partial charge >= 0.3 is 0 Å². The molecule has 26 heavy (non-hydrogen) atoms. The van der Waals surface area contributed by atoms with Crippen molar-refractivity contribution in [2.24, 2.45) is 0 Å². The number of amides is 1. The van der Waals surface area contributed by atoms with Crippen molar-refractivity contribution in [1.82, 2.24) is 19.4 Å². The van der Waals surface area contributed by atoms with E-state index in [2.05, 4.69) is 4.98 Å². The molecule has 1 fully saturated rings. The number of fused-ring (bicyclic) bond motifs is 4. The molecule has 130 valence electrons. The van der Waals surface area contributed by atoms with Crippen LogP contribution in [0.25, 0.3) is 16.9 Å². The van der Waals surface area contributed by atoms with Gasteiger partial charge in [-0.05, 0) is 44.0 Å². The van der Waals surface area contributed by atoms with Gasteiger partial charge in [-0.2, -0.15) is 0 Å². The van der Waals surface area contributed by atoms with Crippen LogP contribution in [-0.2, 0) is 5.54 Å². The molecule has 5 rings (SSSR count). The lowest BCUT2D eigenvalue weighted by Gasteiger charge is -2.26. The van der Waals surface area contributed by atoms with E-state index in [4.69, 9.17) is 16.6 Å². The maximum absolute atomic E-state index is 13.0. The quantitative estimate of drug-likeness (QED) is 0.656. The Bertz CT molecular complexity index is 1070. The van der Waals surface area contributed by atoms with Crippen molar-refractivity contribution in [3.05, 3.63) is 64.8 Å². The number of carbonyl (C=O) groups is 1. The molecule has 1 saturated carbocycles. The fourth-order valence-corrected chi connectivity index (χ4v) is 4.17. The van der Waals surface area contributed by atoms with E-state index in [1.54, 1.807) is 12.3 Å². The lowest BCUT2D eigenvalue weighted by atomic mass is 10.0. The van der Waals surface area contributed by atoms with Crippen LogP contribution in [0.4, 0.5) is 0 Å². The summed E-state index contributed by atoms with van der Waals surface area (Å²) in [5.74, 6) is -0.00953. The number of halogens is 1. The maximum atomic E-state index is 13.0. The van der Waals surface area contributed by atoms with Gasteiger partial charge in [0.05, 0.1) is 21.9 Å². The molecule has 1 aliphatic carbocycles. The summed E-state index contributed by atoms with van der Waals surface area (Å²) in [6.45, 7) is 1.97. The third-order valence-corrected chi connectivity index (χ3v) is 5.81. The van der Waals surface area contributed by atoms with Gasteiger partial charge in [0.25, 0.3) is 5.91 Å². The summed E-state index contributed by atoms with van der Waals surface area (Å²) < 4.78 is 1.90. The first-order valence-corrected chi connectivity index (χ1v) is 8.98. The zero-order valence-electron chi connectivity index (χ0n) is 14.5. The molecular weight excluding hydrogens is 348 g/mol. The fourth-order valence-electron chi connectivity index (χ4n) is 3.97. The Labute approximate surface area is 156 Å². The average molecular weight is 365 g/mol. The van der Waals surface area contributed by atoms with Crippen molar-refractivity contribution in [3.63, 3.8) is 0 Å². The summed E-state index contributed by atoms with van der Waals surface area (Å²) >= 11 is 6.24. The van der Waals surface area contributed by atoms with Crippen molar-refractivity contribution < 1.29 is 4.79 Å². The Kier molecular flexibility index (Phi) is 3.10. The Morgan fingerprint density at radius 2 is 2.04 bits per heavy atom. The second-order valence-corrected chi connectivity index (χ2v) is 7.47. The van der Waals surface area contributed by atoms with Gasteiger partial charge in [0.15, 0.2) is 0 Å². The predicted octanol–water partition coefficient (Wildman–Crippen LogP) is 3.97. The van der Waals surface area contributed by atoms with E-state index in [0.29, 0.717) is 10.7 Å². The molecule has 5 nitrogen and oxygen atoms in total. The summed E-state index contributed by atoms with van der Waals surface area (Å²) in [6, 6.07) is 7.71. The average Bonchev–Trinajstić information content (AvgIpc) is 3.36. The Hall–Kier alpha value is -2.66. The number of nitrogens with zero attached hydrogens (tertiary/aromatic N) is 4. The fraction of sp³-hybridized carbons (Fsp3) is 0.250. The molecule has 0 aromatic carbocycles. The Balaban J connectivity index is 1.80. The summed E-state index contributed by atoms with van der Waals surface area (Å²) in [5, 5.41) is 0.551. The Morgan fingerprint density at radius 1 is 1.23 bits per heavy atom. The number of rotatable bonds is 1. The van der Waals surface area contributed by atoms with E-state index >= 15 is 0 Å². The lowest BCUT2D eigenvalue weighted by molar-refractivity contribution is 0.0705. The minimum atomic E-state index is -0.257. The topological polar surface area (TPSA) is 51.0 Å². The van der Waals surface area contributed by atoms with Gasteiger partial charge in [0.2, 0.25) is 0 Å². The number of hydrogen-bond acceptors (Lipinski definition) is 3. The normalized spacial score (nSPS) is 17.0. The molecule has 0 saturated heterocycles. The number of aryl methyl sites for hydroxylation is 1. The number of carbonyl (C=O) groups excluding carboxylic acids is 1. The van der Waals surface area contributed by atoms with E-state index in [-0.39, 0.29) is 11.4 Å². The van der Waals surface area contributed by atoms with E-state index in [1.807, 2.05) is 54.0 Å². The summed E-state index contributed by atoms with van der Waals surface area (Å²) in [6.07, 6.45) is 7.40. The molecule has 1 spiro atoms. The van der Waals surface area contributed by atoms with Crippen LogP contribution in [-0.4, -0.2) is 32.4 Å². The highest BCUT2D eigenvalue weighted by Gasteiger charge is 2.53. The molecule has 1 amide bonds. The monoisotopic (exact) mass is 364 g/mol. The highest BCUT2D eigenvalue weighted by molar-refractivity contribution is 6.31. The molecule has 3 aromatic heterocycles. The first-order valence-electron chi connectivity index (χ1n) is 8.60. The number of hydrogen-bond donors (Lipinski definition) is 0. The van der Waals surface area contributed by atoms with Gasteiger partial charge in [0, 0.05) is 42.5 Å². The van der Waals surface area contributed by atoms with Crippen molar-refractivity contribution in [1.29, 1.82) is 0 Å². The van der Waals surface area contributed by atoms with Gasteiger partial charge in [0.1, 0.15) is 5.69 Å². The van der Waals surface area contributed by atoms with Gasteiger partial charge in [-0.1, -0.05) is 11.6 Å². The van der Waals surface area contributed by atoms with Crippen LogP contribution in [0, 0.1) is 6.92 Å². The molecule has 2 aliphatic rings. The molecule has 0 atom stereocenters. The first kappa shape index (κ1) is 15.6. The van der Waals surface area contributed by atoms with Crippen LogP contribution >= 0.6 is 11.6 Å². The minimum absolute atomic E-state index is 0.00953. The third-order valence-electron chi connectivity index (χ3n) is 5.60. The van der Waals surface area contributed by atoms with Crippen LogP contribution in [0.3, 0.4) is 0 Å². The SMILES string of the molecule is Cc1ncccc1-c1cc2c(cn1)C1(CC1)N(C)C(=O)c1cc(Cl)cn1-2. The van der Waals surface area contributed by atoms with E-state index in [1.165, 1.54) is 0 Å². The maximum Gasteiger partial charge on any atom is 0.271 e. The van der Waals surface area contributed by atoms with Gasteiger partial charge in [-0.15, -0.1) is 0 Å². The smallest absolute Gasteiger partial charge is 0.271 e. The van der Waals surface area contributed by atoms with Crippen molar-refractivity contribution in [3.8, 4) is 16.9 Å². The second-order valence-electron chi connectivity index (χ2n) is 7.03. The summed E-state index contributed by atoms with van der Waals surface area (Å²) in [5.41, 5.74) is 5.13. The zero-order valence-corrected chi connectivity index (χ0v) is 15.3. The second kappa shape index (κ2) is 5.17. The van der Waals surface area contributed by atoms with E-state index in [0.717, 1.165) is 41.0 Å². The largest absolute Gasteiger partial charge is 0.331 e. The minimum Gasteiger partial charge on any atom is -0.331 e. The highest BCUT2D eigenvalue weighted by atomic mass is 35.5. The standard InChI is InChI=1S/C20H17ClN4O/c1-12-14(4-3-7-22-12)16-9-17-15(10-23-16)20(5-6-20)24(2)19(26)18-8-13(21)11-25(17)18/h3-4,7-11H,5-6H2,1-2H3. The molecule has 0 bridgehead atoms. The van der Waals surface area contributed by atoms with Crippen molar-refractivity contribution in [2.75, 3.05) is 7.05 Å². The van der Waals surface area contributed by atoms with Crippen LogP contribution in [0.2, 0.25) is 5.02 Å². The molecule has 0 N–H and O–H groups in total.